The number of nitrogens with zero attached hydrogens (tertiary/aromatic N) is 3. The van der Waals surface area contributed by atoms with Crippen LogP contribution < -0.4 is 9.80 Å². The van der Waals surface area contributed by atoms with Gasteiger partial charge in [0.1, 0.15) is 0 Å². The molecule has 0 aromatic heterocycles. The van der Waals surface area contributed by atoms with E-state index in [-0.39, 0.29) is 17.7 Å². The Balaban J connectivity index is 1.47. The second-order valence-electron chi connectivity index (χ2n) is 8.07. The Bertz CT molecular complexity index is 766. The fourth-order valence-electron chi connectivity index (χ4n) is 4.61. The number of amides is 2. The third-order valence-electron chi connectivity index (χ3n) is 6.17. The molecule has 1 unspecified atom stereocenters. The van der Waals surface area contributed by atoms with Gasteiger partial charge in [-0.05, 0) is 49.9 Å². The molecule has 29 heavy (non-hydrogen) atoms. The SMILES string of the molecule is CCCC1CCCN(c2ccc(N3CCC=C(N4CCOCC4)C3=O)cc2)C1=O. The summed E-state index contributed by atoms with van der Waals surface area (Å²) < 4.78 is 5.41. The second kappa shape index (κ2) is 8.99. The summed E-state index contributed by atoms with van der Waals surface area (Å²) in [6.45, 7) is 6.47. The summed E-state index contributed by atoms with van der Waals surface area (Å²) in [5.74, 6) is 0.457. The number of anilines is 2. The number of carbonyl (C=O) groups is 2. The first-order valence-electron chi connectivity index (χ1n) is 10.9. The first-order chi connectivity index (χ1) is 14.2. The lowest BCUT2D eigenvalue weighted by molar-refractivity contribution is -0.124. The second-order valence-corrected chi connectivity index (χ2v) is 8.07. The molecule has 1 aromatic carbocycles. The van der Waals surface area contributed by atoms with Crippen LogP contribution in [0.15, 0.2) is 36.0 Å². The van der Waals surface area contributed by atoms with Gasteiger partial charge >= 0.3 is 0 Å². The van der Waals surface area contributed by atoms with Crippen LogP contribution in [0.5, 0.6) is 0 Å². The molecule has 2 saturated heterocycles. The van der Waals surface area contributed by atoms with Gasteiger partial charge in [0.15, 0.2) is 0 Å². The van der Waals surface area contributed by atoms with Gasteiger partial charge in [-0.2, -0.15) is 0 Å². The van der Waals surface area contributed by atoms with Crippen molar-refractivity contribution >= 4 is 23.2 Å². The van der Waals surface area contributed by atoms with Crippen molar-refractivity contribution in [1.29, 1.82) is 0 Å². The Morgan fingerprint density at radius 3 is 2.34 bits per heavy atom. The number of hydrogen-bond donors (Lipinski definition) is 0. The van der Waals surface area contributed by atoms with Crippen molar-refractivity contribution in [2.24, 2.45) is 5.92 Å². The lowest BCUT2D eigenvalue weighted by Gasteiger charge is -2.36. The van der Waals surface area contributed by atoms with Crippen molar-refractivity contribution in [2.45, 2.75) is 39.0 Å². The number of hydrogen-bond acceptors (Lipinski definition) is 4. The zero-order valence-corrected chi connectivity index (χ0v) is 17.3. The van der Waals surface area contributed by atoms with Gasteiger partial charge in [0.2, 0.25) is 5.91 Å². The molecule has 3 aliphatic rings. The fourth-order valence-corrected chi connectivity index (χ4v) is 4.61. The fraction of sp³-hybridized carbons (Fsp3) is 0.565. The minimum atomic E-state index is 0.0583. The molecule has 0 N–H and O–H groups in total. The van der Waals surface area contributed by atoms with E-state index in [1.165, 1.54) is 0 Å². The molecule has 6 nitrogen and oxygen atoms in total. The van der Waals surface area contributed by atoms with E-state index in [4.69, 9.17) is 4.74 Å². The number of piperidine rings is 1. The van der Waals surface area contributed by atoms with Gasteiger partial charge in [0.25, 0.3) is 5.91 Å². The monoisotopic (exact) mass is 397 g/mol. The number of carbonyl (C=O) groups excluding carboxylic acids is 2. The van der Waals surface area contributed by atoms with Crippen LogP contribution in [0.3, 0.4) is 0 Å². The van der Waals surface area contributed by atoms with Crippen LogP contribution in [0, 0.1) is 5.92 Å². The van der Waals surface area contributed by atoms with E-state index in [0.29, 0.717) is 19.8 Å². The smallest absolute Gasteiger partial charge is 0.274 e. The normalized spacial score (nSPS) is 23.4. The van der Waals surface area contributed by atoms with E-state index in [1.54, 1.807) is 0 Å². The van der Waals surface area contributed by atoms with Gasteiger partial charge in [-0.25, -0.2) is 0 Å². The highest BCUT2D eigenvalue weighted by molar-refractivity contribution is 6.06. The molecule has 0 bridgehead atoms. The highest BCUT2D eigenvalue weighted by Gasteiger charge is 2.30. The molecule has 1 atom stereocenters. The third-order valence-corrected chi connectivity index (χ3v) is 6.17. The van der Waals surface area contributed by atoms with E-state index in [9.17, 15) is 9.59 Å². The highest BCUT2D eigenvalue weighted by Crippen LogP contribution is 2.30. The molecule has 3 heterocycles. The van der Waals surface area contributed by atoms with Crippen LogP contribution >= 0.6 is 0 Å². The molecule has 2 fully saturated rings. The van der Waals surface area contributed by atoms with Gasteiger partial charge in [-0.1, -0.05) is 19.4 Å². The van der Waals surface area contributed by atoms with Crippen LogP contribution in [0.25, 0.3) is 0 Å². The summed E-state index contributed by atoms with van der Waals surface area (Å²) in [6.07, 6.45) is 6.96. The van der Waals surface area contributed by atoms with Crippen molar-refractivity contribution in [2.75, 3.05) is 49.2 Å². The topological polar surface area (TPSA) is 53.1 Å². The molecular formula is C23H31N3O3. The van der Waals surface area contributed by atoms with Crippen LogP contribution in [-0.2, 0) is 14.3 Å². The molecule has 4 rings (SSSR count). The van der Waals surface area contributed by atoms with Gasteiger partial charge in [-0.15, -0.1) is 0 Å². The Hall–Kier alpha value is -2.34. The zero-order chi connectivity index (χ0) is 20.2. The quantitative estimate of drug-likeness (QED) is 0.766. The maximum absolute atomic E-state index is 13.1. The van der Waals surface area contributed by atoms with Crippen LogP contribution in [-0.4, -0.2) is 56.1 Å². The number of benzene rings is 1. The van der Waals surface area contributed by atoms with E-state index in [1.807, 2.05) is 34.1 Å². The maximum atomic E-state index is 13.1. The largest absolute Gasteiger partial charge is 0.378 e. The molecule has 3 aliphatic heterocycles. The Morgan fingerprint density at radius 1 is 0.966 bits per heavy atom. The molecule has 156 valence electrons. The van der Waals surface area contributed by atoms with Crippen molar-refractivity contribution in [3.05, 3.63) is 36.0 Å². The average molecular weight is 398 g/mol. The van der Waals surface area contributed by atoms with Crippen LogP contribution in [0.4, 0.5) is 11.4 Å². The van der Waals surface area contributed by atoms with E-state index in [2.05, 4.69) is 17.9 Å². The molecule has 0 saturated carbocycles. The minimum absolute atomic E-state index is 0.0583. The maximum Gasteiger partial charge on any atom is 0.274 e. The third kappa shape index (κ3) is 4.17. The van der Waals surface area contributed by atoms with Crippen molar-refractivity contribution in [1.82, 2.24) is 4.90 Å². The summed E-state index contributed by atoms with van der Waals surface area (Å²) in [4.78, 5) is 31.8. The molecule has 0 aliphatic carbocycles. The summed E-state index contributed by atoms with van der Waals surface area (Å²) in [5.41, 5.74) is 2.62. The molecular weight excluding hydrogens is 366 g/mol. The molecule has 2 amide bonds. The Kier molecular flexibility index (Phi) is 6.19. The molecule has 6 heteroatoms. The van der Waals surface area contributed by atoms with Gasteiger partial charge in [0.05, 0.1) is 18.9 Å². The summed E-state index contributed by atoms with van der Waals surface area (Å²) in [5, 5.41) is 0. The number of morpholine rings is 1. The van der Waals surface area contributed by atoms with Gasteiger partial charge in [0, 0.05) is 43.5 Å². The van der Waals surface area contributed by atoms with E-state index >= 15 is 0 Å². The Morgan fingerprint density at radius 2 is 1.66 bits per heavy atom. The highest BCUT2D eigenvalue weighted by atomic mass is 16.5. The van der Waals surface area contributed by atoms with Crippen molar-refractivity contribution in [3.8, 4) is 0 Å². The standard InChI is InChI=1S/C23H31N3O3/c1-2-5-18-6-3-12-25(22(18)27)19-8-10-20(11-9-19)26-13-4-7-21(23(26)28)24-14-16-29-17-15-24/h7-11,18H,2-6,12-17H2,1H3. The lowest BCUT2D eigenvalue weighted by Crippen LogP contribution is -2.45. The van der Waals surface area contributed by atoms with Crippen LogP contribution in [0.2, 0.25) is 0 Å². The Labute approximate surface area is 173 Å². The molecule has 0 spiro atoms. The number of ether oxygens (including phenoxy) is 1. The number of rotatable bonds is 5. The first-order valence-corrected chi connectivity index (χ1v) is 10.9. The molecule has 0 radical (unpaired) electrons. The van der Waals surface area contributed by atoms with E-state index in [0.717, 1.165) is 68.8 Å². The summed E-state index contributed by atoms with van der Waals surface area (Å²) in [7, 11) is 0. The van der Waals surface area contributed by atoms with Gasteiger partial charge < -0.3 is 19.4 Å². The molecule has 1 aromatic rings. The minimum Gasteiger partial charge on any atom is -0.378 e. The van der Waals surface area contributed by atoms with E-state index < -0.39 is 0 Å². The van der Waals surface area contributed by atoms with Crippen LogP contribution in [0.1, 0.15) is 39.0 Å². The van der Waals surface area contributed by atoms with Crippen molar-refractivity contribution in [3.63, 3.8) is 0 Å². The van der Waals surface area contributed by atoms with Gasteiger partial charge in [-0.3, -0.25) is 9.59 Å². The first kappa shape index (κ1) is 20.0. The summed E-state index contributed by atoms with van der Waals surface area (Å²) >= 11 is 0. The lowest BCUT2D eigenvalue weighted by atomic mass is 9.92. The van der Waals surface area contributed by atoms with Crippen molar-refractivity contribution < 1.29 is 14.3 Å². The predicted molar refractivity (Wildman–Crippen MR) is 114 cm³/mol. The average Bonchev–Trinajstić information content (AvgIpc) is 2.76. The summed E-state index contributed by atoms with van der Waals surface area (Å²) in [6, 6.07) is 7.93. The predicted octanol–water partition coefficient (Wildman–Crippen LogP) is 3.18. The zero-order valence-electron chi connectivity index (χ0n) is 17.3.